The lowest BCUT2D eigenvalue weighted by Gasteiger charge is -2.41. The van der Waals surface area contributed by atoms with Crippen LogP contribution in [-0.4, -0.2) is 32.2 Å². The number of hydrogen-bond donors (Lipinski definition) is 2. The second kappa shape index (κ2) is 6.98. The molecule has 1 amide bonds. The summed E-state index contributed by atoms with van der Waals surface area (Å²) in [6.45, 7) is 9.96. The van der Waals surface area contributed by atoms with E-state index >= 15 is 0 Å². The maximum atomic E-state index is 14.5. The molecule has 0 aromatic heterocycles. The number of alkyl carbamates (subject to hydrolysis) is 1. The Morgan fingerprint density at radius 2 is 1.96 bits per heavy atom. The van der Waals surface area contributed by atoms with E-state index in [0.29, 0.717) is 0 Å². The first-order valence-corrected chi connectivity index (χ1v) is 11.2. The number of benzene rings is 1. The molecule has 2 atom stereocenters. The second-order valence-corrected chi connectivity index (χ2v) is 12.2. The zero-order chi connectivity index (χ0) is 20.8. The van der Waals surface area contributed by atoms with Gasteiger partial charge in [0.05, 0.1) is 15.5 Å². The van der Waals surface area contributed by atoms with Gasteiger partial charge < -0.3 is 4.74 Å². The zero-order valence-corrected chi connectivity index (χ0v) is 19.2. The largest absolute Gasteiger partial charge is 0.444 e. The Kier molecular flexibility index (Phi) is 5.71. The van der Waals surface area contributed by atoms with E-state index in [1.807, 2.05) is 0 Å². The molecule has 0 fully saturated rings. The van der Waals surface area contributed by atoms with E-state index in [4.69, 9.17) is 9.52 Å². The summed E-state index contributed by atoms with van der Waals surface area (Å²) in [7, 11) is -3.26. The van der Waals surface area contributed by atoms with Crippen LogP contribution >= 0.6 is 22.6 Å². The molecule has 2 N–H and O–H groups in total. The van der Waals surface area contributed by atoms with Gasteiger partial charge >= 0.3 is 6.09 Å². The molecule has 2 rings (SSSR count). The number of rotatable bonds is 1. The SMILES string of the molecule is CC(C)(C)OC(=O)NC1=N[C@](C)(c2cc(I)ccc2F)C[S@](=N)(=O)C1(C)C. The molecule has 0 saturated heterocycles. The molecule has 1 heterocycles. The van der Waals surface area contributed by atoms with Gasteiger partial charge in [-0.25, -0.2) is 13.4 Å². The summed E-state index contributed by atoms with van der Waals surface area (Å²) in [5.74, 6) is -0.583. The van der Waals surface area contributed by atoms with Crippen molar-refractivity contribution in [2.24, 2.45) is 4.99 Å². The molecule has 0 radical (unpaired) electrons. The molecular formula is C18H25FIN3O3S. The van der Waals surface area contributed by atoms with Gasteiger partial charge in [0.1, 0.15) is 27.5 Å². The van der Waals surface area contributed by atoms with E-state index in [9.17, 15) is 13.4 Å². The minimum atomic E-state index is -3.26. The fourth-order valence-electron chi connectivity index (χ4n) is 2.77. The second-order valence-electron chi connectivity index (χ2n) is 8.32. The number of halogens is 2. The van der Waals surface area contributed by atoms with Crippen LogP contribution < -0.4 is 5.32 Å². The van der Waals surface area contributed by atoms with Crippen LogP contribution in [0.4, 0.5) is 9.18 Å². The van der Waals surface area contributed by atoms with Crippen molar-refractivity contribution in [3.8, 4) is 0 Å². The third-order valence-electron chi connectivity index (χ3n) is 4.37. The predicted octanol–water partition coefficient (Wildman–Crippen LogP) is 4.41. The van der Waals surface area contributed by atoms with Crippen LogP contribution in [0.1, 0.15) is 47.1 Å². The van der Waals surface area contributed by atoms with Crippen molar-refractivity contribution in [3.63, 3.8) is 0 Å². The Labute approximate surface area is 173 Å². The summed E-state index contributed by atoms with van der Waals surface area (Å²) in [5, 5.41) is 2.55. The van der Waals surface area contributed by atoms with Crippen LogP contribution in [0.15, 0.2) is 23.2 Å². The summed E-state index contributed by atoms with van der Waals surface area (Å²) in [6, 6.07) is 4.57. The number of carbonyl (C=O) groups is 1. The van der Waals surface area contributed by atoms with Crippen LogP contribution in [0.3, 0.4) is 0 Å². The van der Waals surface area contributed by atoms with E-state index in [2.05, 4.69) is 32.9 Å². The highest BCUT2D eigenvalue weighted by Crippen LogP contribution is 2.39. The number of amidine groups is 1. The monoisotopic (exact) mass is 509 g/mol. The minimum absolute atomic E-state index is 0.0590. The number of nitrogens with one attached hydrogen (secondary N) is 2. The molecule has 0 unspecified atom stereocenters. The maximum Gasteiger partial charge on any atom is 0.413 e. The van der Waals surface area contributed by atoms with Gasteiger partial charge in [-0.15, -0.1) is 0 Å². The molecule has 0 spiro atoms. The van der Waals surface area contributed by atoms with Crippen molar-refractivity contribution in [3.05, 3.63) is 33.1 Å². The standard InChI is InChI=1S/C18H25FIN3O3S/c1-16(2,3)26-15(24)22-14-17(4,5)27(21,25)10-18(6,23-14)12-9-11(20)7-8-13(12)19/h7-9,21H,10H2,1-6H3,(H,22,23,24)/t18-,27-/m0/s1. The van der Waals surface area contributed by atoms with Gasteiger partial charge in [-0.2, -0.15) is 0 Å². The number of hydrogen-bond acceptors (Lipinski definition) is 5. The molecule has 6 nitrogen and oxygen atoms in total. The van der Waals surface area contributed by atoms with Gasteiger partial charge in [-0.3, -0.25) is 15.1 Å². The van der Waals surface area contributed by atoms with Crippen LogP contribution in [0.2, 0.25) is 0 Å². The highest BCUT2D eigenvalue weighted by Gasteiger charge is 2.48. The molecule has 150 valence electrons. The molecule has 0 saturated carbocycles. The lowest BCUT2D eigenvalue weighted by Crippen LogP contribution is -2.57. The van der Waals surface area contributed by atoms with Crippen molar-refractivity contribution >= 4 is 44.2 Å². The van der Waals surface area contributed by atoms with Crippen LogP contribution in [0.5, 0.6) is 0 Å². The van der Waals surface area contributed by atoms with Crippen molar-refractivity contribution in [1.29, 1.82) is 4.78 Å². The van der Waals surface area contributed by atoms with Crippen molar-refractivity contribution in [2.45, 2.75) is 57.4 Å². The molecular weight excluding hydrogens is 484 g/mol. The van der Waals surface area contributed by atoms with Gasteiger partial charge in [0.25, 0.3) is 0 Å². The first-order chi connectivity index (χ1) is 12.1. The Bertz CT molecular complexity index is 907. The lowest BCUT2D eigenvalue weighted by molar-refractivity contribution is 0.0561. The average Bonchev–Trinajstić information content (AvgIpc) is 2.45. The Hall–Kier alpha value is -1.23. The summed E-state index contributed by atoms with van der Waals surface area (Å²) in [6.07, 6.45) is -0.753. The van der Waals surface area contributed by atoms with Gasteiger partial charge in [0.15, 0.2) is 0 Å². The highest BCUT2D eigenvalue weighted by atomic mass is 127. The van der Waals surface area contributed by atoms with E-state index in [-0.39, 0.29) is 17.2 Å². The summed E-state index contributed by atoms with van der Waals surface area (Å²) in [4.78, 5) is 16.8. The van der Waals surface area contributed by atoms with Crippen molar-refractivity contribution in [2.75, 3.05) is 5.75 Å². The fraction of sp³-hybridized carbons (Fsp3) is 0.556. The Morgan fingerprint density at radius 3 is 2.52 bits per heavy atom. The van der Waals surface area contributed by atoms with Crippen molar-refractivity contribution in [1.82, 2.24) is 5.32 Å². The Morgan fingerprint density at radius 1 is 1.37 bits per heavy atom. The highest BCUT2D eigenvalue weighted by molar-refractivity contribution is 14.1. The van der Waals surface area contributed by atoms with Gasteiger partial charge in [0, 0.05) is 9.13 Å². The number of nitrogens with zero attached hydrogens (tertiary/aromatic N) is 1. The normalized spacial score (nSPS) is 27.6. The molecule has 1 aromatic carbocycles. The number of aliphatic imine (C=N–C) groups is 1. The van der Waals surface area contributed by atoms with Crippen LogP contribution in [0, 0.1) is 14.2 Å². The summed E-state index contributed by atoms with van der Waals surface area (Å²) < 4.78 is 41.0. The van der Waals surface area contributed by atoms with Crippen molar-refractivity contribution < 1.29 is 18.1 Å². The molecule has 1 aliphatic heterocycles. The number of ether oxygens (including phenoxy) is 1. The quantitative estimate of drug-likeness (QED) is 0.550. The molecule has 1 aromatic rings. The lowest BCUT2D eigenvalue weighted by atomic mass is 9.93. The van der Waals surface area contributed by atoms with Gasteiger partial charge in [0.2, 0.25) is 0 Å². The average molecular weight is 509 g/mol. The van der Waals surface area contributed by atoms with E-state index in [0.717, 1.165) is 3.57 Å². The van der Waals surface area contributed by atoms with E-state index in [1.54, 1.807) is 53.7 Å². The summed E-state index contributed by atoms with van der Waals surface area (Å²) >= 11 is 2.06. The van der Waals surface area contributed by atoms with E-state index in [1.165, 1.54) is 6.07 Å². The molecule has 9 heteroatoms. The Balaban J connectivity index is 2.57. The minimum Gasteiger partial charge on any atom is -0.444 e. The third kappa shape index (κ3) is 4.61. The van der Waals surface area contributed by atoms with Crippen LogP contribution in [-0.2, 0) is 20.0 Å². The number of carbonyl (C=O) groups excluding carboxylic acids is 1. The maximum absolute atomic E-state index is 14.5. The molecule has 27 heavy (non-hydrogen) atoms. The van der Waals surface area contributed by atoms with Gasteiger partial charge in [-0.05, 0) is 82.3 Å². The third-order valence-corrected chi connectivity index (χ3v) is 7.85. The first-order valence-electron chi connectivity index (χ1n) is 8.39. The summed E-state index contributed by atoms with van der Waals surface area (Å²) in [5.41, 5.74) is -1.73. The number of amides is 1. The van der Waals surface area contributed by atoms with Gasteiger partial charge in [-0.1, -0.05) is 0 Å². The van der Waals surface area contributed by atoms with E-state index < -0.39 is 37.5 Å². The topological polar surface area (TPSA) is 91.6 Å². The smallest absolute Gasteiger partial charge is 0.413 e. The molecule has 1 aliphatic rings. The molecule has 0 aliphatic carbocycles. The zero-order valence-electron chi connectivity index (χ0n) is 16.3. The predicted molar refractivity (Wildman–Crippen MR) is 113 cm³/mol. The van der Waals surface area contributed by atoms with Crippen LogP contribution in [0.25, 0.3) is 0 Å². The first kappa shape index (κ1) is 22.1. The molecule has 0 bridgehead atoms. The fourth-order valence-corrected chi connectivity index (χ4v) is 5.05.